The van der Waals surface area contributed by atoms with E-state index in [1.807, 2.05) is 0 Å². The first-order valence-electron chi connectivity index (χ1n) is 13.5. The number of anilines is 2. The molecule has 2 fully saturated rings. The van der Waals surface area contributed by atoms with Gasteiger partial charge in [-0.3, -0.25) is 24.2 Å². The summed E-state index contributed by atoms with van der Waals surface area (Å²) in [6, 6.07) is 0. The molecule has 7 N–H and O–H groups in total. The SMILES string of the molecule is C#C[C@]1(COP)O[C@@H](n2cnc3c(N)ncnc32)[C@H](O)[C@@H]1CCPOC[C@H]1O[C@@H](n2cnc3c(=O)[nH]c(N)nc32)[C@H](OO)[C@H]1F. The van der Waals surface area contributed by atoms with E-state index in [2.05, 4.69) is 50.2 Å². The van der Waals surface area contributed by atoms with Gasteiger partial charge < -0.3 is 35.1 Å². The average Bonchev–Trinajstić information content (AvgIpc) is 3.77. The minimum Gasteiger partial charge on any atom is -0.388 e. The van der Waals surface area contributed by atoms with Crippen LogP contribution in [0.1, 0.15) is 18.9 Å². The summed E-state index contributed by atoms with van der Waals surface area (Å²) in [5.74, 6) is 2.06. The van der Waals surface area contributed by atoms with Gasteiger partial charge in [-0.05, 0) is 12.6 Å². The number of nitrogens with two attached hydrogens (primary N) is 2. The van der Waals surface area contributed by atoms with Gasteiger partial charge in [0, 0.05) is 24.2 Å². The van der Waals surface area contributed by atoms with Crippen LogP contribution in [0.4, 0.5) is 16.2 Å². The molecule has 0 spiro atoms. The van der Waals surface area contributed by atoms with Crippen LogP contribution in [0.2, 0.25) is 0 Å². The van der Waals surface area contributed by atoms with E-state index >= 15 is 4.39 Å². The number of hydrogen-bond acceptors (Lipinski definition) is 15. The topological polar surface area (TPSA) is 246 Å². The molecule has 4 aromatic heterocycles. The van der Waals surface area contributed by atoms with Crippen molar-refractivity contribution in [2.45, 2.75) is 49.0 Å². The molecule has 21 heteroatoms. The summed E-state index contributed by atoms with van der Waals surface area (Å²) in [5, 5.41) is 20.8. The molecule has 6 rings (SSSR count). The number of rotatable bonds is 11. The van der Waals surface area contributed by atoms with Crippen LogP contribution in [0.5, 0.6) is 0 Å². The van der Waals surface area contributed by atoms with E-state index in [0.717, 1.165) is 0 Å². The van der Waals surface area contributed by atoms with Crippen LogP contribution in [0.25, 0.3) is 22.3 Å². The van der Waals surface area contributed by atoms with Crippen molar-refractivity contribution in [2.75, 3.05) is 30.8 Å². The molecule has 0 bridgehead atoms. The predicted molar refractivity (Wildman–Crippen MR) is 159 cm³/mol. The number of nitrogen functional groups attached to an aromatic ring is 2. The first kappa shape index (κ1) is 31.5. The fourth-order valence-electron chi connectivity index (χ4n) is 5.70. The second-order valence-corrected chi connectivity index (χ2v) is 11.8. The van der Waals surface area contributed by atoms with Crippen molar-refractivity contribution in [3.63, 3.8) is 0 Å². The van der Waals surface area contributed by atoms with Gasteiger partial charge in [0.25, 0.3) is 5.56 Å². The zero-order chi connectivity index (χ0) is 31.9. The molecule has 2 saturated heterocycles. The molecule has 240 valence electrons. The fraction of sp³-hybridized carbons (Fsp3) is 0.500. The smallest absolute Gasteiger partial charge is 0.280 e. The number of alkyl halides is 1. The summed E-state index contributed by atoms with van der Waals surface area (Å²) in [6.07, 6.45) is 2.99. The molecular formula is C24H29FN10O8P2. The number of aromatic nitrogens is 8. The number of hydrogen-bond donors (Lipinski definition) is 5. The number of fused-ring (bicyclic) bond motifs is 2. The number of aromatic amines is 1. The third-order valence-corrected chi connectivity index (χ3v) is 8.89. The van der Waals surface area contributed by atoms with Gasteiger partial charge in [0.2, 0.25) is 5.95 Å². The average molecular weight is 667 g/mol. The Balaban J connectivity index is 1.10. The molecule has 2 aliphatic heterocycles. The molecule has 2 aliphatic rings. The maximum atomic E-state index is 15.3. The van der Waals surface area contributed by atoms with E-state index in [9.17, 15) is 15.2 Å². The monoisotopic (exact) mass is 666 g/mol. The van der Waals surface area contributed by atoms with Gasteiger partial charge in [0.15, 0.2) is 53.0 Å². The lowest BCUT2D eigenvalue weighted by molar-refractivity contribution is -0.300. The van der Waals surface area contributed by atoms with E-state index in [1.54, 1.807) is 4.57 Å². The van der Waals surface area contributed by atoms with Gasteiger partial charge >= 0.3 is 0 Å². The van der Waals surface area contributed by atoms with Crippen molar-refractivity contribution in [1.29, 1.82) is 0 Å². The maximum Gasteiger partial charge on any atom is 0.280 e. The second-order valence-electron chi connectivity index (χ2n) is 10.4. The lowest BCUT2D eigenvalue weighted by Crippen LogP contribution is -2.41. The number of aliphatic hydroxyl groups excluding tert-OH is 1. The number of nitrogens with one attached hydrogen (secondary N) is 1. The summed E-state index contributed by atoms with van der Waals surface area (Å²) in [7, 11) is 1.98. The molecule has 0 radical (unpaired) electrons. The third-order valence-electron chi connectivity index (χ3n) is 7.86. The van der Waals surface area contributed by atoms with Crippen LogP contribution < -0.4 is 17.0 Å². The minimum absolute atomic E-state index is 0.0284. The van der Waals surface area contributed by atoms with Gasteiger partial charge in [-0.2, -0.15) is 4.98 Å². The van der Waals surface area contributed by atoms with Crippen LogP contribution in [0, 0.1) is 18.3 Å². The number of halogens is 1. The Morgan fingerprint density at radius 2 is 1.96 bits per heavy atom. The van der Waals surface area contributed by atoms with Crippen molar-refractivity contribution < 1.29 is 38.2 Å². The van der Waals surface area contributed by atoms with Crippen molar-refractivity contribution >= 4 is 52.4 Å². The third kappa shape index (κ3) is 5.52. The number of nitrogens with zero attached hydrogens (tertiary/aromatic N) is 7. The molecule has 0 aromatic carbocycles. The normalized spacial score (nSPS) is 30.2. The van der Waals surface area contributed by atoms with E-state index in [1.165, 1.54) is 23.5 Å². The minimum atomic E-state index is -1.80. The molecule has 0 saturated carbocycles. The van der Waals surface area contributed by atoms with E-state index < -0.39 is 54.0 Å². The Bertz CT molecular complexity index is 1790. The van der Waals surface area contributed by atoms with Gasteiger partial charge in [-0.1, -0.05) is 5.92 Å². The lowest BCUT2D eigenvalue weighted by atomic mass is 9.84. The number of terminal acetylenes is 1. The first-order valence-corrected chi connectivity index (χ1v) is 15.1. The predicted octanol–water partition coefficient (Wildman–Crippen LogP) is -0.0976. The Hall–Kier alpha value is -3.43. The highest BCUT2D eigenvalue weighted by molar-refractivity contribution is 7.32. The quantitative estimate of drug-likeness (QED) is 0.0461. The van der Waals surface area contributed by atoms with E-state index in [4.69, 9.17) is 36.4 Å². The number of H-pyrrole nitrogens is 1. The van der Waals surface area contributed by atoms with Crippen molar-refractivity contribution in [1.82, 2.24) is 39.0 Å². The summed E-state index contributed by atoms with van der Waals surface area (Å²) >= 11 is 0. The number of ether oxygens (including phenoxy) is 2. The maximum absolute atomic E-state index is 15.3. The summed E-state index contributed by atoms with van der Waals surface area (Å²) < 4.78 is 41.1. The van der Waals surface area contributed by atoms with Crippen molar-refractivity contribution in [3.05, 3.63) is 29.3 Å². The summed E-state index contributed by atoms with van der Waals surface area (Å²) in [6.45, 7) is -0.221. The Morgan fingerprint density at radius 1 is 1.20 bits per heavy atom. The van der Waals surface area contributed by atoms with Crippen LogP contribution >= 0.6 is 18.3 Å². The molecule has 45 heavy (non-hydrogen) atoms. The van der Waals surface area contributed by atoms with Gasteiger partial charge in [0.1, 0.15) is 24.1 Å². The lowest BCUT2D eigenvalue weighted by Gasteiger charge is -2.28. The highest BCUT2D eigenvalue weighted by Crippen LogP contribution is 2.45. The molecule has 0 aliphatic carbocycles. The van der Waals surface area contributed by atoms with Gasteiger partial charge in [0.05, 0.1) is 25.9 Å². The molecule has 0 amide bonds. The Kier molecular flexibility index (Phi) is 8.94. The van der Waals surface area contributed by atoms with Crippen LogP contribution in [0.3, 0.4) is 0 Å². The Labute approximate surface area is 257 Å². The number of imidazole rings is 2. The van der Waals surface area contributed by atoms with Crippen molar-refractivity contribution in [2.24, 2.45) is 5.92 Å². The molecule has 18 nitrogen and oxygen atoms in total. The van der Waals surface area contributed by atoms with Gasteiger partial charge in [-0.15, -0.1) is 6.42 Å². The molecule has 10 atom stereocenters. The van der Waals surface area contributed by atoms with Crippen LogP contribution in [-0.4, -0.2) is 98.9 Å². The zero-order valence-electron chi connectivity index (χ0n) is 23.3. The van der Waals surface area contributed by atoms with Gasteiger partial charge in [-0.25, -0.2) is 29.2 Å². The van der Waals surface area contributed by atoms with E-state index in [-0.39, 0.29) is 45.0 Å². The highest BCUT2D eigenvalue weighted by atomic mass is 31.1. The van der Waals surface area contributed by atoms with Crippen molar-refractivity contribution in [3.8, 4) is 12.3 Å². The molecular weight excluding hydrogens is 637 g/mol. The van der Waals surface area contributed by atoms with E-state index in [0.29, 0.717) is 23.7 Å². The summed E-state index contributed by atoms with van der Waals surface area (Å²) in [5.41, 5.74) is 10.4. The number of aliphatic hydroxyl groups is 1. The fourth-order valence-corrected chi connectivity index (χ4v) is 6.80. The summed E-state index contributed by atoms with van der Waals surface area (Å²) in [4.78, 5) is 39.3. The first-order chi connectivity index (χ1) is 21.7. The van der Waals surface area contributed by atoms with Crippen LogP contribution in [-0.2, 0) is 23.4 Å². The standard InChI is InChI=1S/C24H29FN10O8P2/c1-2-24(6-39-44)10(15(36)21(42-24)34-8-30-13-17(26)28-7-29-18(13)34)3-4-45-40-5-11-12(25)16(43-38)22(41-11)35-9-31-14-19(35)32-23(27)33-20(14)37/h1,7-12,15-16,21-22,36,38,45H,3-6,44H2,(H2,26,28,29)(H3,27,32,33,37)/t10-,11+,12-,15+,16+,21+,22+,24+/m0/s1. The highest BCUT2D eigenvalue weighted by Gasteiger charge is 2.55. The molecule has 4 aromatic rings. The second kappa shape index (κ2) is 12.8. The largest absolute Gasteiger partial charge is 0.388 e. The van der Waals surface area contributed by atoms with Crippen LogP contribution in [0.15, 0.2) is 23.8 Å². The zero-order valence-corrected chi connectivity index (χ0v) is 25.4. The molecule has 6 heterocycles. The Morgan fingerprint density at radius 3 is 2.69 bits per heavy atom. The molecule has 2 unspecified atom stereocenters.